The summed E-state index contributed by atoms with van der Waals surface area (Å²) in [7, 11) is 0. The van der Waals surface area contributed by atoms with E-state index >= 15 is 0 Å². The molecule has 128 valence electrons. The Morgan fingerprint density at radius 3 is 2.62 bits per heavy atom. The Bertz CT molecular complexity index is 693. The van der Waals surface area contributed by atoms with Crippen LogP contribution in [0.3, 0.4) is 0 Å². The predicted octanol–water partition coefficient (Wildman–Crippen LogP) is 2.02. The van der Waals surface area contributed by atoms with Crippen molar-refractivity contribution in [2.45, 2.75) is 30.9 Å². The first kappa shape index (κ1) is 17.3. The Balaban J connectivity index is 1.76. The molecule has 2 N–H and O–H groups in total. The number of aliphatic hydroxyl groups is 1. The molecule has 1 saturated heterocycles. The quantitative estimate of drug-likeness (QED) is 0.452. The van der Waals surface area contributed by atoms with E-state index in [1.165, 1.54) is 16.7 Å². The number of nitrogens with zero attached hydrogens (tertiary/aromatic N) is 2. The summed E-state index contributed by atoms with van der Waals surface area (Å²) in [6.07, 6.45) is 2.66. The lowest BCUT2D eigenvalue weighted by Crippen LogP contribution is -2.63. The third kappa shape index (κ3) is 2.82. The Hall–Kier alpha value is -1.51. The first-order chi connectivity index (χ1) is 11.4. The molecule has 0 unspecified atom stereocenters. The van der Waals surface area contributed by atoms with Crippen molar-refractivity contribution in [3.63, 3.8) is 0 Å². The van der Waals surface area contributed by atoms with Crippen LogP contribution >= 0.6 is 23.5 Å². The number of hydrogen-bond acceptors (Lipinski definition) is 6. The summed E-state index contributed by atoms with van der Waals surface area (Å²) < 4.78 is 0. The molecule has 6 nitrogen and oxygen atoms in total. The van der Waals surface area contributed by atoms with E-state index in [0.717, 1.165) is 4.90 Å². The summed E-state index contributed by atoms with van der Waals surface area (Å²) in [5.74, 6) is -1.98. The molecule has 1 aromatic rings. The molecule has 1 aromatic heterocycles. The van der Waals surface area contributed by atoms with Gasteiger partial charge in [-0.15, -0.1) is 23.5 Å². The molecule has 2 aliphatic heterocycles. The number of aliphatic carboxylic acids is 1. The highest BCUT2D eigenvalue weighted by atomic mass is 32.2. The van der Waals surface area contributed by atoms with Crippen LogP contribution in [0.1, 0.15) is 13.8 Å². The van der Waals surface area contributed by atoms with Crippen molar-refractivity contribution in [1.29, 1.82) is 0 Å². The van der Waals surface area contributed by atoms with Crippen LogP contribution in [0.5, 0.6) is 0 Å². The minimum atomic E-state index is -1.09. The second-order valence-corrected chi connectivity index (χ2v) is 8.29. The third-order valence-electron chi connectivity index (χ3n) is 4.40. The molecule has 3 rings (SSSR count). The zero-order chi connectivity index (χ0) is 17.4. The maximum atomic E-state index is 12.2. The van der Waals surface area contributed by atoms with E-state index in [1.807, 2.05) is 19.1 Å². The number of carboxylic acid groups (broad SMARTS) is 1. The fourth-order valence-corrected chi connectivity index (χ4v) is 5.64. The normalized spacial score (nSPS) is 27.0. The van der Waals surface area contributed by atoms with E-state index in [1.54, 1.807) is 31.1 Å². The smallest absolute Gasteiger partial charge is 0.353 e. The number of aliphatic hydroxyl groups excluding tert-OH is 1. The molecule has 3 heterocycles. The van der Waals surface area contributed by atoms with Crippen molar-refractivity contribution >= 4 is 35.4 Å². The van der Waals surface area contributed by atoms with Crippen LogP contribution in [-0.4, -0.2) is 49.2 Å². The van der Waals surface area contributed by atoms with E-state index in [9.17, 15) is 19.8 Å². The summed E-state index contributed by atoms with van der Waals surface area (Å²) >= 11 is 3.05. The highest BCUT2D eigenvalue weighted by molar-refractivity contribution is 8.17. The van der Waals surface area contributed by atoms with Crippen molar-refractivity contribution in [2.75, 3.05) is 5.08 Å². The minimum absolute atomic E-state index is 0.0785. The lowest BCUT2D eigenvalue weighted by atomic mass is 9.79. The van der Waals surface area contributed by atoms with Gasteiger partial charge in [-0.25, -0.2) is 4.79 Å². The standard InChI is InChI=1S/C16H18N2O4S2/c1-8-12-11(9(2)19)15(20)18(12)13(16(21)22)14(8)24-7-23-10-3-5-17-6-4-10/h3-6,8-9,11-12,19H,7H2,1-2H3,(H,21,22)/t8-,9-,11-,12-/m1/s1. The molecule has 0 aromatic carbocycles. The number of amides is 1. The van der Waals surface area contributed by atoms with Crippen molar-refractivity contribution in [2.24, 2.45) is 11.8 Å². The van der Waals surface area contributed by atoms with E-state index in [-0.39, 0.29) is 23.6 Å². The summed E-state index contributed by atoms with van der Waals surface area (Å²) in [6.45, 7) is 3.51. The van der Waals surface area contributed by atoms with Gasteiger partial charge in [0.15, 0.2) is 0 Å². The van der Waals surface area contributed by atoms with Crippen LogP contribution in [0.15, 0.2) is 40.0 Å². The molecule has 8 heteroatoms. The first-order valence-corrected chi connectivity index (χ1v) is 9.54. The lowest BCUT2D eigenvalue weighted by molar-refractivity contribution is -0.163. The number of fused-ring (bicyclic) bond motifs is 1. The Morgan fingerprint density at radius 1 is 1.38 bits per heavy atom. The number of β-lactam (4-membered cyclic amide) rings is 1. The summed E-state index contributed by atoms with van der Waals surface area (Å²) in [5.41, 5.74) is 0.0785. The second kappa shape index (κ2) is 6.78. The maximum absolute atomic E-state index is 12.2. The SMILES string of the molecule is C[C@@H](O)[C@H]1C(=O)N2C(C(=O)O)=C(SCSc3ccncc3)[C@H](C)[C@H]12. The zero-order valence-corrected chi connectivity index (χ0v) is 14.9. The molecule has 0 saturated carbocycles. The number of aromatic nitrogens is 1. The largest absolute Gasteiger partial charge is 0.477 e. The van der Waals surface area contributed by atoms with Crippen molar-refractivity contribution in [1.82, 2.24) is 9.88 Å². The third-order valence-corrected chi connectivity index (χ3v) is 6.83. The molecule has 0 radical (unpaired) electrons. The number of carbonyl (C=O) groups is 2. The van der Waals surface area contributed by atoms with Crippen LogP contribution in [0.4, 0.5) is 0 Å². The molecule has 0 aliphatic carbocycles. The molecule has 2 aliphatic rings. The molecular weight excluding hydrogens is 348 g/mol. The van der Waals surface area contributed by atoms with E-state index in [4.69, 9.17) is 0 Å². The molecule has 24 heavy (non-hydrogen) atoms. The van der Waals surface area contributed by atoms with Crippen molar-refractivity contribution < 1.29 is 19.8 Å². The van der Waals surface area contributed by atoms with Gasteiger partial charge in [0.2, 0.25) is 5.91 Å². The molecule has 4 atom stereocenters. The number of rotatable bonds is 6. The van der Waals surface area contributed by atoms with Crippen molar-refractivity contribution in [3.8, 4) is 0 Å². The lowest BCUT2D eigenvalue weighted by Gasteiger charge is -2.46. The van der Waals surface area contributed by atoms with Crippen LogP contribution in [0.2, 0.25) is 0 Å². The van der Waals surface area contributed by atoms with Gasteiger partial charge in [0.1, 0.15) is 5.70 Å². The molecule has 0 spiro atoms. The van der Waals surface area contributed by atoms with Crippen LogP contribution in [-0.2, 0) is 9.59 Å². The molecule has 1 fully saturated rings. The highest BCUT2D eigenvalue weighted by Gasteiger charge is 2.59. The zero-order valence-electron chi connectivity index (χ0n) is 13.2. The minimum Gasteiger partial charge on any atom is -0.477 e. The van der Waals surface area contributed by atoms with Gasteiger partial charge >= 0.3 is 5.97 Å². The van der Waals surface area contributed by atoms with Gasteiger partial charge in [0, 0.05) is 33.2 Å². The number of carbonyl (C=O) groups excluding carboxylic acids is 1. The van der Waals surface area contributed by atoms with Gasteiger partial charge < -0.3 is 15.1 Å². The van der Waals surface area contributed by atoms with Gasteiger partial charge in [-0.3, -0.25) is 9.78 Å². The van der Waals surface area contributed by atoms with E-state index < -0.39 is 18.0 Å². The van der Waals surface area contributed by atoms with Gasteiger partial charge in [-0.1, -0.05) is 6.92 Å². The highest BCUT2D eigenvalue weighted by Crippen LogP contribution is 2.51. The molecular formula is C16H18N2O4S2. The monoisotopic (exact) mass is 366 g/mol. The van der Waals surface area contributed by atoms with Crippen molar-refractivity contribution in [3.05, 3.63) is 35.1 Å². The number of thioether (sulfide) groups is 2. The van der Waals surface area contributed by atoms with Gasteiger partial charge in [-0.2, -0.15) is 0 Å². The average molecular weight is 366 g/mol. The topological polar surface area (TPSA) is 90.7 Å². The molecule has 1 amide bonds. The van der Waals surface area contributed by atoms with E-state index in [2.05, 4.69) is 4.98 Å². The molecule has 0 bridgehead atoms. The van der Waals surface area contributed by atoms with Crippen LogP contribution in [0, 0.1) is 11.8 Å². The fraction of sp³-hybridized carbons (Fsp3) is 0.438. The van der Waals surface area contributed by atoms with Gasteiger partial charge in [0.25, 0.3) is 0 Å². The summed E-state index contributed by atoms with van der Waals surface area (Å²) in [6, 6.07) is 3.54. The Morgan fingerprint density at radius 2 is 2.04 bits per heavy atom. The first-order valence-electron chi connectivity index (χ1n) is 7.57. The average Bonchev–Trinajstić information content (AvgIpc) is 2.78. The van der Waals surface area contributed by atoms with Gasteiger partial charge in [0.05, 0.1) is 18.1 Å². The van der Waals surface area contributed by atoms with E-state index in [0.29, 0.717) is 9.99 Å². The number of pyridine rings is 1. The predicted molar refractivity (Wildman–Crippen MR) is 92.2 cm³/mol. The summed E-state index contributed by atoms with van der Waals surface area (Å²) in [5, 5.41) is 20.0. The fourth-order valence-electron chi connectivity index (χ4n) is 3.31. The summed E-state index contributed by atoms with van der Waals surface area (Å²) in [4.78, 5) is 31.0. The van der Waals surface area contributed by atoms with Crippen LogP contribution in [0.25, 0.3) is 0 Å². The Labute approximate surface area is 148 Å². The van der Waals surface area contributed by atoms with Gasteiger partial charge in [-0.05, 0) is 19.1 Å². The Kier molecular flexibility index (Phi) is 4.89. The van der Waals surface area contributed by atoms with Crippen LogP contribution < -0.4 is 0 Å². The maximum Gasteiger partial charge on any atom is 0.353 e. The number of hydrogen-bond donors (Lipinski definition) is 2. The second-order valence-electron chi connectivity index (χ2n) is 5.86. The number of carboxylic acids is 1.